The SMILES string of the molecule is CNC(C1=CCCO1)c1ccc(Cl)c(Cl)c1. The minimum Gasteiger partial charge on any atom is -0.496 e. The first-order chi connectivity index (χ1) is 7.72. The molecule has 1 aromatic carbocycles. The number of hydrogen-bond donors (Lipinski definition) is 1. The summed E-state index contributed by atoms with van der Waals surface area (Å²) in [6.45, 7) is 0.759. The zero-order valence-corrected chi connectivity index (χ0v) is 10.5. The minimum atomic E-state index is 0.0530. The van der Waals surface area contributed by atoms with Crippen molar-refractivity contribution < 1.29 is 4.74 Å². The second-order valence-corrected chi connectivity index (χ2v) is 4.45. The van der Waals surface area contributed by atoms with Crippen LogP contribution in [-0.2, 0) is 4.74 Å². The van der Waals surface area contributed by atoms with Gasteiger partial charge in [0, 0.05) is 6.42 Å². The van der Waals surface area contributed by atoms with Crippen molar-refractivity contribution in [1.29, 1.82) is 0 Å². The van der Waals surface area contributed by atoms with Crippen LogP contribution >= 0.6 is 23.2 Å². The summed E-state index contributed by atoms with van der Waals surface area (Å²) in [6, 6.07) is 5.68. The first-order valence-corrected chi connectivity index (χ1v) is 5.93. The van der Waals surface area contributed by atoms with Gasteiger partial charge in [-0.25, -0.2) is 0 Å². The second-order valence-electron chi connectivity index (χ2n) is 3.64. The normalized spacial score (nSPS) is 16.8. The summed E-state index contributed by atoms with van der Waals surface area (Å²) in [4.78, 5) is 0. The van der Waals surface area contributed by atoms with Gasteiger partial charge in [-0.1, -0.05) is 29.3 Å². The van der Waals surface area contributed by atoms with Gasteiger partial charge in [-0.3, -0.25) is 0 Å². The molecule has 0 aliphatic carbocycles. The Hall–Kier alpha value is -0.700. The highest BCUT2D eigenvalue weighted by molar-refractivity contribution is 6.42. The molecule has 1 heterocycles. The molecular weight excluding hydrogens is 245 g/mol. The Morgan fingerprint density at radius 2 is 2.12 bits per heavy atom. The van der Waals surface area contributed by atoms with Crippen LogP contribution in [0.25, 0.3) is 0 Å². The fraction of sp³-hybridized carbons (Fsp3) is 0.333. The van der Waals surface area contributed by atoms with E-state index in [-0.39, 0.29) is 6.04 Å². The van der Waals surface area contributed by atoms with Crippen LogP contribution in [0.3, 0.4) is 0 Å². The van der Waals surface area contributed by atoms with Crippen LogP contribution < -0.4 is 5.32 Å². The van der Waals surface area contributed by atoms with E-state index in [9.17, 15) is 0 Å². The smallest absolute Gasteiger partial charge is 0.114 e. The summed E-state index contributed by atoms with van der Waals surface area (Å²) in [5.41, 5.74) is 1.06. The molecule has 1 unspecified atom stereocenters. The molecule has 0 amide bonds. The molecule has 2 rings (SSSR count). The number of halogens is 2. The van der Waals surface area contributed by atoms with Crippen LogP contribution in [0.2, 0.25) is 10.0 Å². The highest BCUT2D eigenvalue weighted by atomic mass is 35.5. The average Bonchev–Trinajstić information content (AvgIpc) is 2.78. The standard InChI is InChI=1S/C12H13Cl2NO/c1-15-12(11-3-2-6-16-11)8-4-5-9(13)10(14)7-8/h3-5,7,12,15H,2,6H2,1H3. The summed E-state index contributed by atoms with van der Waals surface area (Å²) in [5.74, 6) is 0.959. The average molecular weight is 258 g/mol. The van der Waals surface area contributed by atoms with Crippen molar-refractivity contribution in [2.75, 3.05) is 13.7 Å². The van der Waals surface area contributed by atoms with Crippen molar-refractivity contribution in [3.8, 4) is 0 Å². The van der Waals surface area contributed by atoms with Gasteiger partial charge in [0.05, 0.1) is 22.7 Å². The lowest BCUT2D eigenvalue weighted by molar-refractivity contribution is 0.218. The summed E-state index contributed by atoms with van der Waals surface area (Å²) in [5, 5.41) is 4.35. The lowest BCUT2D eigenvalue weighted by atomic mass is 10.1. The molecule has 0 fully saturated rings. The second kappa shape index (κ2) is 5.09. The Bertz CT molecular complexity index is 417. The van der Waals surface area contributed by atoms with E-state index in [1.54, 1.807) is 6.07 Å². The molecule has 16 heavy (non-hydrogen) atoms. The van der Waals surface area contributed by atoms with Crippen molar-refractivity contribution in [3.05, 3.63) is 45.6 Å². The minimum absolute atomic E-state index is 0.0530. The van der Waals surface area contributed by atoms with Crippen molar-refractivity contribution >= 4 is 23.2 Å². The maximum absolute atomic E-state index is 6.00. The summed E-state index contributed by atoms with van der Waals surface area (Å²) < 4.78 is 5.55. The van der Waals surface area contributed by atoms with Crippen LogP contribution in [0.1, 0.15) is 18.0 Å². The van der Waals surface area contributed by atoms with E-state index in [0.29, 0.717) is 10.0 Å². The highest BCUT2D eigenvalue weighted by Gasteiger charge is 2.19. The predicted molar refractivity (Wildman–Crippen MR) is 66.9 cm³/mol. The molecule has 0 spiro atoms. The number of nitrogens with one attached hydrogen (secondary N) is 1. The molecule has 2 nitrogen and oxygen atoms in total. The molecule has 0 saturated heterocycles. The highest BCUT2D eigenvalue weighted by Crippen LogP contribution is 2.30. The quantitative estimate of drug-likeness (QED) is 0.895. The Labute approximate surface area is 105 Å². The van der Waals surface area contributed by atoms with E-state index in [1.165, 1.54) is 0 Å². The molecule has 1 atom stereocenters. The van der Waals surface area contributed by atoms with Gasteiger partial charge in [0.25, 0.3) is 0 Å². The Morgan fingerprint density at radius 1 is 1.31 bits per heavy atom. The maximum Gasteiger partial charge on any atom is 0.114 e. The topological polar surface area (TPSA) is 21.3 Å². The third-order valence-corrected chi connectivity index (χ3v) is 3.32. The van der Waals surface area contributed by atoms with Crippen molar-refractivity contribution in [3.63, 3.8) is 0 Å². The molecule has 4 heteroatoms. The Kier molecular flexibility index (Phi) is 3.74. The fourth-order valence-corrected chi connectivity index (χ4v) is 2.11. The van der Waals surface area contributed by atoms with E-state index in [1.807, 2.05) is 19.2 Å². The lowest BCUT2D eigenvalue weighted by Crippen LogP contribution is -2.19. The monoisotopic (exact) mass is 257 g/mol. The summed E-state index contributed by atoms with van der Waals surface area (Å²) in [7, 11) is 1.90. The molecule has 0 radical (unpaired) electrons. The van der Waals surface area contributed by atoms with Gasteiger partial charge in [0.1, 0.15) is 5.76 Å². The third-order valence-electron chi connectivity index (χ3n) is 2.58. The fourth-order valence-electron chi connectivity index (χ4n) is 1.80. The van der Waals surface area contributed by atoms with Crippen LogP contribution in [-0.4, -0.2) is 13.7 Å². The predicted octanol–water partition coefficient (Wildman–Crippen LogP) is 3.56. The summed E-state index contributed by atoms with van der Waals surface area (Å²) in [6.07, 6.45) is 3.07. The number of benzene rings is 1. The largest absolute Gasteiger partial charge is 0.496 e. The molecule has 1 aliphatic rings. The zero-order valence-electron chi connectivity index (χ0n) is 8.97. The molecule has 1 N–H and O–H groups in total. The van der Waals surface area contributed by atoms with E-state index in [4.69, 9.17) is 27.9 Å². The van der Waals surface area contributed by atoms with E-state index in [2.05, 4.69) is 11.4 Å². The Balaban J connectivity index is 2.29. The molecule has 0 saturated carbocycles. The van der Waals surface area contributed by atoms with Gasteiger partial charge in [0.15, 0.2) is 0 Å². The molecular formula is C12H13Cl2NO. The van der Waals surface area contributed by atoms with Gasteiger partial charge in [-0.15, -0.1) is 0 Å². The number of likely N-dealkylation sites (N-methyl/N-ethyl adjacent to an activating group) is 1. The Morgan fingerprint density at radius 3 is 2.69 bits per heavy atom. The van der Waals surface area contributed by atoms with Gasteiger partial charge in [-0.2, -0.15) is 0 Å². The molecule has 0 bridgehead atoms. The third kappa shape index (κ3) is 2.34. The molecule has 86 valence electrons. The summed E-state index contributed by atoms with van der Waals surface area (Å²) >= 11 is 11.9. The van der Waals surface area contributed by atoms with Gasteiger partial charge >= 0.3 is 0 Å². The maximum atomic E-state index is 6.00. The lowest BCUT2D eigenvalue weighted by Gasteiger charge is -2.18. The van der Waals surface area contributed by atoms with Crippen LogP contribution in [0.4, 0.5) is 0 Å². The van der Waals surface area contributed by atoms with Gasteiger partial charge < -0.3 is 10.1 Å². The van der Waals surface area contributed by atoms with E-state index in [0.717, 1.165) is 24.4 Å². The van der Waals surface area contributed by atoms with Crippen molar-refractivity contribution in [1.82, 2.24) is 5.32 Å². The van der Waals surface area contributed by atoms with Crippen LogP contribution in [0.5, 0.6) is 0 Å². The zero-order chi connectivity index (χ0) is 11.5. The van der Waals surface area contributed by atoms with E-state index >= 15 is 0 Å². The number of ether oxygens (including phenoxy) is 1. The first kappa shape index (κ1) is 11.8. The molecule has 1 aliphatic heterocycles. The van der Waals surface area contributed by atoms with Crippen molar-refractivity contribution in [2.24, 2.45) is 0 Å². The van der Waals surface area contributed by atoms with Crippen LogP contribution in [0, 0.1) is 0 Å². The number of hydrogen-bond acceptors (Lipinski definition) is 2. The van der Waals surface area contributed by atoms with Crippen LogP contribution in [0.15, 0.2) is 30.0 Å². The first-order valence-electron chi connectivity index (χ1n) is 5.17. The van der Waals surface area contributed by atoms with E-state index < -0.39 is 0 Å². The molecule has 0 aromatic heterocycles. The number of rotatable bonds is 3. The molecule has 1 aromatic rings. The van der Waals surface area contributed by atoms with Gasteiger partial charge in [-0.05, 0) is 30.8 Å². The van der Waals surface area contributed by atoms with Crippen molar-refractivity contribution in [2.45, 2.75) is 12.5 Å². The van der Waals surface area contributed by atoms with Gasteiger partial charge in [0.2, 0.25) is 0 Å².